The van der Waals surface area contributed by atoms with Crippen molar-refractivity contribution in [2.45, 2.75) is 6.54 Å². The Morgan fingerprint density at radius 3 is 2.56 bits per heavy atom. The van der Waals surface area contributed by atoms with Gasteiger partial charge in [-0.05, 0) is 24.3 Å². The molecular weight excluding hydrogens is 371 g/mol. The van der Waals surface area contributed by atoms with E-state index in [9.17, 15) is 14.0 Å². The predicted octanol–water partition coefficient (Wildman–Crippen LogP) is 3.01. The number of carbonyl (C=O) groups is 2. The van der Waals surface area contributed by atoms with Crippen LogP contribution in [-0.4, -0.2) is 54.8 Å². The average Bonchev–Trinajstić information content (AvgIpc) is 2.69. The minimum Gasteiger partial charge on any atom is -0.483 e. The van der Waals surface area contributed by atoms with Crippen molar-refractivity contribution in [2.75, 3.05) is 32.8 Å². The maximum Gasteiger partial charge on any atom is 0.260 e. The molecule has 0 aromatic heterocycles. The van der Waals surface area contributed by atoms with Gasteiger partial charge in [-0.25, -0.2) is 4.39 Å². The third kappa shape index (κ3) is 4.84. The van der Waals surface area contributed by atoms with Gasteiger partial charge in [0.05, 0.1) is 5.56 Å². The van der Waals surface area contributed by atoms with Crippen LogP contribution in [0.1, 0.15) is 15.9 Å². The van der Waals surface area contributed by atoms with Gasteiger partial charge in [0.2, 0.25) is 0 Å². The number of hydrogen-bond donors (Lipinski definition) is 0. The molecule has 1 heterocycles. The topological polar surface area (TPSA) is 49.9 Å². The maximum absolute atomic E-state index is 13.9. The molecule has 142 valence electrons. The van der Waals surface area contributed by atoms with Gasteiger partial charge in [-0.3, -0.25) is 14.5 Å². The predicted molar refractivity (Wildman–Crippen MR) is 101 cm³/mol. The van der Waals surface area contributed by atoms with Gasteiger partial charge < -0.3 is 9.64 Å². The number of rotatable bonds is 6. The van der Waals surface area contributed by atoms with Gasteiger partial charge in [-0.2, -0.15) is 0 Å². The van der Waals surface area contributed by atoms with Crippen LogP contribution in [0.4, 0.5) is 4.39 Å². The van der Waals surface area contributed by atoms with Gasteiger partial charge in [0, 0.05) is 43.3 Å². The normalized spacial score (nSPS) is 14.8. The summed E-state index contributed by atoms with van der Waals surface area (Å²) in [5.41, 5.74) is 0.893. The number of para-hydroxylation sites is 1. The Balaban J connectivity index is 1.50. The molecule has 1 amide bonds. The van der Waals surface area contributed by atoms with Gasteiger partial charge in [-0.15, -0.1) is 0 Å². The zero-order chi connectivity index (χ0) is 19.2. The first-order chi connectivity index (χ1) is 13.1. The average molecular weight is 391 g/mol. The Bertz CT molecular complexity index is 802. The summed E-state index contributed by atoms with van der Waals surface area (Å²) < 4.78 is 19.4. The maximum atomic E-state index is 13.9. The molecule has 3 rings (SSSR count). The van der Waals surface area contributed by atoms with Crippen molar-refractivity contribution in [1.82, 2.24) is 9.80 Å². The third-order valence-corrected chi connectivity index (χ3v) is 4.92. The van der Waals surface area contributed by atoms with Crippen molar-refractivity contribution in [3.8, 4) is 5.75 Å². The summed E-state index contributed by atoms with van der Waals surface area (Å²) in [6, 6.07) is 11.4. The first kappa shape index (κ1) is 19.3. The van der Waals surface area contributed by atoms with Crippen LogP contribution in [0.5, 0.6) is 5.75 Å². The fourth-order valence-corrected chi connectivity index (χ4v) is 3.23. The molecule has 1 aliphatic heterocycles. The molecule has 0 saturated carbocycles. The minimum absolute atomic E-state index is 0.121. The number of ether oxygens (including phenoxy) is 1. The van der Waals surface area contributed by atoms with Gasteiger partial charge in [-0.1, -0.05) is 29.8 Å². The van der Waals surface area contributed by atoms with Crippen molar-refractivity contribution in [1.29, 1.82) is 0 Å². The van der Waals surface area contributed by atoms with E-state index in [-0.39, 0.29) is 18.3 Å². The van der Waals surface area contributed by atoms with E-state index in [2.05, 4.69) is 4.90 Å². The summed E-state index contributed by atoms with van der Waals surface area (Å²) in [7, 11) is 0. The first-order valence-corrected chi connectivity index (χ1v) is 9.06. The highest BCUT2D eigenvalue weighted by Crippen LogP contribution is 2.21. The number of benzene rings is 2. The molecule has 0 aliphatic carbocycles. The Labute approximate surface area is 162 Å². The molecule has 5 nitrogen and oxygen atoms in total. The zero-order valence-electron chi connectivity index (χ0n) is 14.7. The van der Waals surface area contributed by atoms with Crippen molar-refractivity contribution in [3.63, 3.8) is 0 Å². The third-order valence-electron chi connectivity index (χ3n) is 4.57. The quantitative estimate of drug-likeness (QED) is 0.711. The summed E-state index contributed by atoms with van der Waals surface area (Å²) >= 11 is 6.08. The van der Waals surface area contributed by atoms with Crippen molar-refractivity contribution in [2.24, 2.45) is 0 Å². The van der Waals surface area contributed by atoms with Gasteiger partial charge in [0.1, 0.15) is 11.6 Å². The van der Waals surface area contributed by atoms with Gasteiger partial charge >= 0.3 is 0 Å². The molecule has 0 atom stereocenters. The summed E-state index contributed by atoms with van der Waals surface area (Å²) in [6.45, 7) is 2.61. The summed E-state index contributed by atoms with van der Waals surface area (Å²) in [5, 5.41) is 0.413. The van der Waals surface area contributed by atoms with Crippen LogP contribution in [0.2, 0.25) is 5.02 Å². The highest BCUT2D eigenvalue weighted by Gasteiger charge is 2.23. The molecule has 1 fully saturated rings. The lowest BCUT2D eigenvalue weighted by molar-refractivity contribution is -0.135. The Morgan fingerprint density at radius 1 is 1.11 bits per heavy atom. The molecule has 0 N–H and O–H groups in total. The van der Waals surface area contributed by atoms with E-state index in [0.717, 1.165) is 0 Å². The lowest BCUT2D eigenvalue weighted by Crippen LogP contribution is -2.49. The van der Waals surface area contributed by atoms with E-state index in [1.165, 1.54) is 6.07 Å². The smallest absolute Gasteiger partial charge is 0.260 e. The number of amides is 1. The van der Waals surface area contributed by atoms with E-state index in [1.807, 2.05) is 0 Å². The summed E-state index contributed by atoms with van der Waals surface area (Å²) in [6.07, 6.45) is 0.701. The SMILES string of the molecule is O=Cc1ccccc1OCC(=O)N1CCN(Cc2c(F)cccc2Cl)CC1. The molecule has 1 saturated heterocycles. The van der Waals surface area contributed by atoms with Crippen molar-refractivity contribution < 1.29 is 18.7 Å². The first-order valence-electron chi connectivity index (χ1n) is 8.68. The Morgan fingerprint density at radius 2 is 1.85 bits per heavy atom. The number of halogens is 2. The van der Waals surface area contributed by atoms with Crippen molar-refractivity contribution >= 4 is 23.8 Å². The second-order valence-electron chi connectivity index (χ2n) is 6.30. The highest BCUT2D eigenvalue weighted by atomic mass is 35.5. The zero-order valence-corrected chi connectivity index (χ0v) is 15.5. The molecule has 27 heavy (non-hydrogen) atoms. The largest absolute Gasteiger partial charge is 0.483 e. The van der Waals surface area contributed by atoms with Crippen LogP contribution >= 0.6 is 11.6 Å². The van der Waals surface area contributed by atoms with Gasteiger partial charge in [0.25, 0.3) is 5.91 Å². The van der Waals surface area contributed by atoms with Crippen LogP contribution in [0.15, 0.2) is 42.5 Å². The van der Waals surface area contributed by atoms with Crippen LogP contribution in [-0.2, 0) is 11.3 Å². The molecule has 0 spiro atoms. The monoisotopic (exact) mass is 390 g/mol. The van der Waals surface area contributed by atoms with Crippen LogP contribution in [0.3, 0.4) is 0 Å². The molecular formula is C20H20ClFN2O3. The molecule has 2 aromatic carbocycles. The van der Waals surface area contributed by atoms with E-state index in [4.69, 9.17) is 16.3 Å². The summed E-state index contributed by atoms with van der Waals surface area (Å²) in [5.74, 6) is -0.0591. The number of aldehydes is 1. The van der Waals surface area contributed by atoms with E-state index in [1.54, 1.807) is 41.3 Å². The number of piperazine rings is 1. The van der Waals surface area contributed by atoms with E-state index < -0.39 is 0 Å². The molecule has 7 heteroatoms. The lowest BCUT2D eigenvalue weighted by atomic mass is 10.2. The summed E-state index contributed by atoms with van der Waals surface area (Å²) in [4.78, 5) is 27.1. The van der Waals surface area contributed by atoms with Crippen LogP contribution < -0.4 is 4.74 Å². The van der Waals surface area contributed by atoms with Crippen LogP contribution in [0, 0.1) is 5.82 Å². The number of nitrogens with zero attached hydrogens (tertiary/aromatic N) is 2. The van der Waals surface area contributed by atoms with E-state index in [0.29, 0.717) is 60.9 Å². The second-order valence-corrected chi connectivity index (χ2v) is 6.71. The molecule has 0 unspecified atom stereocenters. The fourth-order valence-electron chi connectivity index (χ4n) is 3.00. The fraction of sp³-hybridized carbons (Fsp3) is 0.300. The Hall–Kier alpha value is -2.44. The molecule has 2 aromatic rings. The molecule has 0 radical (unpaired) electrons. The van der Waals surface area contributed by atoms with E-state index >= 15 is 0 Å². The molecule has 0 bridgehead atoms. The Kier molecular flexibility index (Phi) is 6.42. The van der Waals surface area contributed by atoms with Crippen LogP contribution in [0.25, 0.3) is 0 Å². The lowest BCUT2D eigenvalue weighted by Gasteiger charge is -2.34. The second kappa shape index (κ2) is 8.97. The highest BCUT2D eigenvalue weighted by molar-refractivity contribution is 6.31. The number of hydrogen-bond acceptors (Lipinski definition) is 4. The van der Waals surface area contributed by atoms with Gasteiger partial charge in [0.15, 0.2) is 12.9 Å². The van der Waals surface area contributed by atoms with Crippen molar-refractivity contribution in [3.05, 3.63) is 64.4 Å². The standard InChI is InChI=1S/C20H20ClFN2O3/c21-17-5-3-6-18(22)16(17)12-23-8-10-24(11-9-23)20(26)14-27-19-7-2-1-4-15(19)13-25/h1-7,13H,8-12,14H2. The minimum atomic E-state index is -0.316. The molecule has 1 aliphatic rings. The number of carbonyl (C=O) groups excluding carboxylic acids is 2.